The summed E-state index contributed by atoms with van der Waals surface area (Å²) in [5.41, 5.74) is 0. The summed E-state index contributed by atoms with van der Waals surface area (Å²) in [4.78, 5) is 0. The molecule has 0 N–H and O–H groups in total. The molecular weight excluding hydrogens is 184 g/mol. The quantitative estimate of drug-likeness (QED) is 0.334. The Bertz CT molecular complexity index is 16.0. The Morgan fingerprint density at radius 1 is 0.250 bits per heavy atom. The van der Waals surface area contributed by atoms with Crippen molar-refractivity contribution in [2.45, 2.75) is 0 Å². The second kappa shape index (κ2) is 45.9. The summed E-state index contributed by atoms with van der Waals surface area (Å²) in [6.45, 7) is 0. The van der Waals surface area contributed by atoms with Crippen LogP contribution < -0.4 is 236 Å². The van der Waals surface area contributed by atoms with Gasteiger partial charge in [-0.1, -0.05) is 0 Å². The number of hydrogen-bond acceptors (Lipinski definition) is 0. The van der Waals surface area contributed by atoms with Crippen LogP contribution >= 0.6 is 0 Å². The molecule has 0 atom stereocenters. The molecule has 0 bridgehead atoms. The SMILES string of the molecule is [H-].[H-].[H-].[H-].[H-].[H-].[H-].[H-].[Na+].[Na+].[Na+].[Na+].[Na+].[Na+].[Na+].[Na+]. The molecule has 0 aromatic rings. The van der Waals surface area contributed by atoms with E-state index in [-0.39, 0.29) is 248 Å². The molecule has 0 aliphatic rings. The van der Waals surface area contributed by atoms with E-state index >= 15 is 0 Å². The van der Waals surface area contributed by atoms with Gasteiger partial charge >= 0.3 is 236 Å². The molecule has 0 rings (SSSR count). The smallest absolute Gasteiger partial charge is 1.00 e. The predicted molar refractivity (Wildman–Crippen MR) is 8.90 cm³/mol. The summed E-state index contributed by atoms with van der Waals surface area (Å²) in [5, 5.41) is 0. The van der Waals surface area contributed by atoms with Gasteiger partial charge in [-0.15, -0.1) is 0 Å². The second-order valence-electron chi connectivity index (χ2n) is 0. The molecule has 0 unspecified atom stereocenters. The normalized spacial score (nSPS) is 0. The Morgan fingerprint density at radius 3 is 0.250 bits per heavy atom. The molecule has 8 heavy (non-hydrogen) atoms. The topological polar surface area (TPSA) is 0 Å². The molecule has 16 valence electrons. The Kier molecular flexibility index (Phi) is 323. The van der Waals surface area contributed by atoms with E-state index in [2.05, 4.69) is 0 Å². The van der Waals surface area contributed by atoms with Crippen LogP contribution in [-0.2, 0) is 0 Å². The van der Waals surface area contributed by atoms with Gasteiger partial charge in [0.25, 0.3) is 0 Å². The van der Waals surface area contributed by atoms with Gasteiger partial charge in [0.15, 0.2) is 0 Å². The van der Waals surface area contributed by atoms with Crippen LogP contribution in [0.15, 0.2) is 0 Å². The number of hydrogen-bond donors (Lipinski definition) is 0. The summed E-state index contributed by atoms with van der Waals surface area (Å²) in [7, 11) is 0. The maximum Gasteiger partial charge on any atom is 1.00 e. The third-order valence-corrected chi connectivity index (χ3v) is 0. The van der Waals surface area contributed by atoms with Crippen LogP contribution in [0.4, 0.5) is 0 Å². The van der Waals surface area contributed by atoms with Crippen LogP contribution in [0.3, 0.4) is 0 Å². The Hall–Kier alpha value is 8.00. The summed E-state index contributed by atoms with van der Waals surface area (Å²) in [6.07, 6.45) is 0. The first-order chi connectivity index (χ1) is 0. The number of rotatable bonds is 0. The van der Waals surface area contributed by atoms with E-state index in [1.165, 1.54) is 0 Å². The minimum absolute atomic E-state index is 0. The van der Waals surface area contributed by atoms with Gasteiger partial charge in [0.05, 0.1) is 0 Å². The van der Waals surface area contributed by atoms with Gasteiger partial charge in [-0.3, -0.25) is 0 Å². The monoisotopic (exact) mass is 192 g/mol. The van der Waals surface area contributed by atoms with Crippen molar-refractivity contribution in [2.24, 2.45) is 0 Å². The zero-order chi connectivity index (χ0) is 0. The van der Waals surface area contributed by atoms with E-state index in [0.29, 0.717) is 0 Å². The van der Waals surface area contributed by atoms with Crippen molar-refractivity contribution in [1.29, 1.82) is 0 Å². The molecule has 0 saturated heterocycles. The molecule has 0 radical (unpaired) electrons. The molecule has 0 aliphatic carbocycles. The maximum absolute atomic E-state index is 0. The molecule has 0 amide bonds. The molecule has 0 heterocycles. The van der Waals surface area contributed by atoms with Gasteiger partial charge in [0.2, 0.25) is 0 Å². The van der Waals surface area contributed by atoms with Gasteiger partial charge in [-0.25, -0.2) is 0 Å². The van der Waals surface area contributed by atoms with Crippen LogP contribution in [0.1, 0.15) is 11.4 Å². The molecule has 0 fully saturated rings. The Balaban J connectivity index is 0. The van der Waals surface area contributed by atoms with Crippen molar-refractivity contribution < 1.29 is 248 Å². The predicted octanol–water partition coefficient (Wildman–Crippen LogP) is -23.1. The van der Waals surface area contributed by atoms with Gasteiger partial charge in [-0.05, 0) is 0 Å². The molecule has 0 spiro atoms. The van der Waals surface area contributed by atoms with E-state index in [1.54, 1.807) is 0 Å². The van der Waals surface area contributed by atoms with Gasteiger partial charge in [0.1, 0.15) is 0 Å². The largest absolute Gasteiger partial charge is 1.00 e. The minimum Gasteiger partial charge on any atom is -1.00 e. The standard InChI is InChI=1S/8Na.8H/q8*+1;8*-1. The van der Waals surface area contributed by atoms with E-state index in [9.17, 15) is 0 Å². The zero-order valence-corrected chi connectivity index (χ0v) is 24.0. The maximum atomic E-state index is 0. The Morgan fingerprint density at radius 2 is 0.250 bits per heavy atom. The fraction of sp³-hybridized carbons (Fsp3) is 0. The Labute approximate surface area is 241 Å². The summed E-state index contributed by atoms with van der Waals surface area (Å²) >= 11 is 0. The van der Waals surface area contributed by atoms with Gasteiger partial charge in [-0.2, -0.15) is 0 Å². The van der Waals surface area contributed by atoms with E-state index < -0.39 is 0 Å². The first-order valence-corrected chi connectivity index (χ1v) is 0. The van der Waals surface area contributed by atoms with Crippen molar-refractivity contribution in [1.82, 2.24) is 0 Å². The zero-order valence-electron chi connectivity index (χ0n) is 16.0. The summed E-state index contributed by atoms with van der Waals surface area (Å²) in [5.74, 6) is 0. The molecule has 0 saturated carbocycles. The fourth-order valence-corrected chi connectivity index (χ4v) is 0. The molecule has 0 nitrogen and oxygen atoms in total. The van der Waals surface area contributed by atoms with E-state index in [4.69, 9.17) is 0 Å². The third-order valence-electron chi connectivity index (χ3n) is 0. The van der Waals surface area contributed by atoms with Gasteiger partial charge in [0, 0.05) is 0 Å². The average Bonchev–Trinajstić information content (AvgIpc) is 0. The average molecular weight is 192 g/mol. The molecule has 8 heteroatoms. The van der Waals surface area contributed by atoms with Crippen molar-refractivity contribution >= 4 is 0 Å². The van der Waals surface area contributed by atoms with Crippen LogP contribution in [0.25, 0.3) is 0 Å². The van der Waals surface area contributed by atoms with Crippen molar-refractivity contribution in [2.75, 3.05) is 0 Å². The summed E-state index contributed by atoms with van der Waals surface area (Å²) < 4.78 is 0. The third kappa shape index (κ3) is 37.0. The minimum atomic E-state index is 0. The van der Waals surface area contributed by atoms with Gasteiger partial charge < -0.3 is 11.4 Å². The first kappa shape index (κ1) is 56.2. The second-order valence-corrected chi connectivity index (χ2v) is 0. The molecular formula is H8Na8. The van der Waals surface area contributed by atoms with Crippen molar-refractivity contribution in [3.05, 3.63) is 0 Å². The van der Waals surface area contributed by atoms with Crippen LogP contribution in [-0.4, -0.2) is 0 Å². The first-order valence-electron chi connectivity index (χ1n) is 0. The van der Waals surface area contributed by atoms with Crippen molar-refractivity contribution in [3.8, 4) is 0 Å². The van der Waals surface area contributed by atoms with Crippen LogP contribution in [0.5, 0.6) is 0 Å². The van der Waals surface area contributed by atoms with E-state index in [0.717, 1.165) is 0 Å². The summed E-state index contributed by atoms with van der Waals surface area (Å²) in [6, 6.07) is 0. The molecule has 0 aromatic heterocycles. The van der Waals surface area contributed by atoms with Crippen molar-refractivity contribution in [3.63, 3.8) is 0 Å². The van der Waals surface area contributed by atoms with Crippen LogP contribution in [0.2, 0.25) is 0 Å². The fourth-order valence-electron chi connectivity index (χ4n) is 0. The van der Waals surface area contributed by atoms with E-state index in [1.807, 2.05) is 0 Å². The molecule has 0 aromatic carbocycles. The molecule has 0 aliphatic heterocycles. The van der Waals surface area contributed by atoms with Crippen LogP contribution in [0, 0.1) is 0 Å².